The number of carboxylic acid groups (broad SMARTS) is 1. The summed E-state index contributed by atoms with van der Waals surface area (Å²) in [5, 5.41) is 19.8. The molecule has 0 bridgehead atoms. The second-order valence-electron chi connectivity index (χ2n) is 5.71. The second kappa shape index (κ2) is 9.30. The van der Waals surface area contributed by atoms with Gasteiger partial charge in [-0.2, -0.15) is 0 Å². The standard InChI is InChI=1S/C16H22N2O7/c1-17(7-5-15(19)20)6-2-8-23-14-11-12(16-24-9-10-25-16)3-4-13(14)18(21)22/h3-4,11,16H,2,5-10H2,1H3,(H,19,20). The summed E-state index contributed by atoms with van der Waals surface area (Å²) in [6.45, 7) is 2.34. The largest absolute Gasteiger partial charge is 0.487 e. The van der Waals surface area contributed by atoms with Crippen molar-refractivity contribution in [1.82, 2.24) is 4.90 Å². The van der Waals surface area contributed by atoms with Gasteiger partial charge in [0.1, 0.15) is 0 Å². The third kappa shape index (κ3) is 5.96. The van der Waals surface area contributed by atoms with Crippen molar-refractivity contribution in [3.63, 3.8) is 0 Å². The molecule has 1 heterocycles. The highest BCUT2D eigenvalue weighted by Crippen LogP contribution is 2.33. The maximum atomic E-state index is 11.1. The number of ether oxygens (including phenoxy) is 3. The Balaban J connectivity index is 1.89. The van der Waals surface area contributed by atoms with E-state index in [-0.39, 0.29) is 24.5 Å². The van der Waals surface area contributed by atoms with Crippen molar-refractivity contribution in [2.45, 2.75) is 19.1 Å². The van der Waals surface area contributed by atoms with Crippen LogP contribution in [0, 0.1) is 10.1 Å². The highest BCUT2D eigenvalue weighted by Gasteiger charge is 2.23. The van der Waals surface area contributed by atoms with Gasteiger partial charge in [-0.3, -0.25) is 14.9 Å². The number of carboxylic acids is 1. The van der Waals surface area contributed by atoms with E-state index in [0.717, 1.165) is 0 Å². The lowest BCUT2D eigenvalue weighted by Gasteiger charge is -2.16. The molecule has 0 aliphatic carbocycles. The summed E-state index contributed by atoms with van der Waals surface area (Å²) < 4.78 is 16.4. The Hall–Kier alpha value is -2.23. The van der Waals surface area contributed by atoms with E-state index in [1.807, 2.05) is 11.9 Å². The first-order valence-electron chi connectivity index (χ1n) is 8.02. The molecule has 0 amide bonds. The number of nitro benzene ring substituents is 1. The van der Waals surface area contributed by atoms with Crippen molar-refractivity contribution in [2.75, 3.05) is 40.0 Å². The summed E-state index contributed by atoms with van der Waals surface area (Å²) in [7, 11) is 1.82. The summed E-state index contributed by atoms with van der Waals surface area (Å²) in [6.07, 6.45) is 0.172. The Kier molecular flexibility index (Phi) is 7.11. The smallest absolute Gasteiger partial charge is 0.310 e. The molecule has 25 heavy (non-hydrogen) atoms. The lowest BCUT2D eigenvalue weighted by Crippen LogP contribution is -2.24. The van der Waals surface area contributed by atoms with Crippen molar-refractivity contribution in [3.05, 3.63) is 33.9 Å². The van der Waals surface area contributed by atoms with Gasteiger partial charge in [-0.05, 0) is 25.6 Å². The zero-order valence-electron chi connectivity index (χ0n) is 14.1. The van der Waals surface area contributed by atoms with Crippen LogP contribution in [0.1, 0.15) is 24.7 Å². The number of hydrogen-bond acceptors (Lipinski definition) is 7. The van der Waals surface area contributed by atoms with Gasteiger partial charge in [-0.25, -0.2) is 0 Å². The molecule has 1 saturated heterocycles. The second-order valence-corrected chi connectivity index (χ2v) is 5.71. The van der Waals surface area contributed by atoms with Crippen molar-refractivity contribution in [3.8, 4) is 5.75 Å². The van der Waals surface area contributed by atoms with E-state index in [1.54, 1.807) is 12.1 Å². The molecule has 1 aromatic rings. The molecule has 2 rings (SSSR count). The average Bonchev–Trinajstić information content (AvgIpc) is 3.11. The summed E-state index contributed by atoms with van der Waals surface area (Å²) >= 11 is 0. The molecule has 0 atom stereocenters. The minimum atomic E-state index is -0.841. The summed E-state index contributed by atoms with van der Waals surface area (Å²) in [5.41, 5.74) is 0.567. The number of nitrogens with zero attached hydrogens (tertiary/aromatic N) is 2. The number of rotatable bonds is 10. The SMILES string of the molecule is CN(CCCOc1cc(C2OCCO2)ccc1[N+](=O)[O-])CCC(=O)O. The van der Waals surface area contributed by atoms with Gasteiger partial charge in [0.2, 0.25) is 0 Å². The predicted molar refractivity (Wildman–Crippen MR) is 87.6 cm³/mol. The summed E-state index contributed by atoms with van der Waals surface area (Å²) in [6, 6.07) is 4.55. The van der Waals surface area contributed by atoms with E-state index in [9.17, 15) is 14.9 Å². The van der Waals surface area contributed by atoms with Crippen molar-refractivity contribution in [1.29, 1.82) is 0 Å². The van der Waals surface area contributed by atoms with Crippen molar-refractivity contribution < 1.29 is 29.0 Å². The highest BCUT2D eigenvalue weighted by molar-refractivity contribution is 5.66. The molecule has 0 aromatic heterocycles. The zero-order valence-corrected chi connectivity index (χ0v) is 14.1. The van der Waals surface area contributed by atoms with E-state index in [0.29, 0.717) is 38.3 Å². The molecular weight excluding hydrogens is 332 g/mol. The minimum Gasteiger partial charge on any atom is -0.487 e. The topological polar surface area (TPSA) is 111 Å². The number of benzene rings is 1. The van der Waals surface area contributed by atoms with Gasteiger partial charge in [0.15, 0.2) is 12.0 Å². The van der Waals surface area contributed by atoms with Crippen molar-refractivity contribution in [2.24, 2.45) is 0 Å². The third-order valence-electron chi connectivity index (χ3n) is 3.72. The number of hydrogen-bond donors (Lipinski definition) is 1. The molecule has 9 nitrogen and oxygen atoms in total. The molecule has 1 aliphatic heterocycles. The van der Waals surface area contributed by atoms with Crippen LogP contribution in [0.3, 0.4) is 0 Å². The van der Waals surface area contributed by atoms with Gasteiger partial charge in [0, 0.05) is 24.7 Å². The van der Waals surface area contributed by atoms with Crippen LogP contribution >= 0.6 is 0 Å². The van der Waals surface area contributed by atoms with E-state index < -0.39 is 17.2 Å². The van der Waals surface area contributed by atoms with Crippen LogP contribution in [0.25, 0.3) is 0 Å². The number of aliphatic carboxylic acids is 1. The first-order chi connectivity index (χ1) is 12.0. The van der Waals surface area contributed by atoms with Gasteiger partial charge in [-0.1, -0.05) is 0 Å². The van der Waals surface area contributed by atoms with Gasteiger partial charge in [0.05, 0.1) is 31.2 Å². The van der Waals surface area contributed by atoms with Gasteiger partial charge < -0.3 is 24.2 Å². The molecule has 138 valence electrons. The van der Waals surface area contributed by atoms with Gasteiger partial charge in [-0.15, -0.1) is 0 Å². The minimum absolute atomic E-state index is 0.0757. The fourth-order valence-corrected chi connectivity index (χ4v) is 2.41. The first-order valence-corrected chi connectivity index (χ1v) is 8.02. The van der Waals surface area contributed by atoms with Crippen molar-refractivity contribution >= 4 is 11.7 Å². The van der Waals surface area contributed by atoms with E-state index in [1.165, 1.54) is 6.07 Å². The van der Waals surface area contributed by atoms with E-state index in [4.69, 9.17) is 19.3 Å². The molecule has 0 unspecified atom stereocenters. The normalized spacial score (nSPS) is 14.8. The highest BCUT2D eigenvalue weighted by atomic mass is 16.7. The van der Waals surface area contributed by atoms with Crippen LogP contribution in [0.15, 0.2) is 18.2 Å². The van der Waals surface area contributed by atoms with Crippen LogP contribution in [0.4, 0.5) is 5.69 Å². The maximum Gasteiger partial charge on any atom is 0.310 e. The quantitative estimate of drug-likeness (QED) is 0.385. The Morgan fingerprint density at radius 3 is 2.76 bits per heavy atom. The Labute approximate surface area is 145 Å². The fourth-order valence-electron chi connectivity index (χ4n) is 2.41. The number of nitro groups is 1. The molecular formula is C16H22N2O7. The first kappa shape index (κ1) is 19.1. The summed E-state index contributed by atoms with van der Waals surface area (Å²) in [5.74, 6) is -0.665. The van der Waals surface area contributed by atoms with E-state index >= 15 is 0 Å². The van der Waals surface area contributed by atoms with Crippen LogP contribution in [0.5, 0.6) is 5.75 Å². The predicted octanol–water partition coefficient (Wildman–Crippen LogP) is 1.82. The maximum absolute atomic E-state index is 11.1. The van der Waals surface area contributed by atoms with E-state index in [2.05, 4.69) is 0 Å². The molecule has 0 spiro atoms. The fraction of sp³-hybridized carbons (Fsp3) is 0.562. The monoisotopic (exact) mass is 354 g/mol. The Bertz CT molecular complexity index is 602. The molecule has 1 aromatic carbocycles. The molecule has 0 radical (unpaired) electrons. The third-order valence-corrected chi connectivity index (χ3v) is 3.72. The summed E-state index contributed by atoms with van der Waals surface area (Å²) in [4.78, 5) is 23.1. The molecule has 1 fully saturated rings. The Morgan fingerprint density at radius 1 is 1.40 bits per heavy atom. The van der Waals surface area contributed by atoms with Gasteiger partial charge >= 0.3 is 11.7 Å². The molecule has 9 heteroatoms. The molecule has 1 N–H and O–H groups in total. The lowest BCUT2D eigenvalue weighted by molar-refractivity contribution is -0.385. The molecule has 0 saturated carbocycles. The van der Waals surface area contributed by atoms with Crippen LogP contribution < -0.4 is 4.74 Å². The van der Waals surface area contributed by atoms with Crippen LogP contribution in [0.2, 0.25) is 0 Å². The lowest BCUT2D eigenvalue weighted by atomic mass is 10.2. The van der Waals surface area contributed by atoms with Gasteiger partial charge in [0.25, 0.3) is 0 Å². The van der Waals surface area contributed by atoms with Crippen LogP contribution in [-0.4, -0.2) is 60.9 Å². The average molecular weight is 354 g/mol. The zero-order chi connectivity index (χ0) is 18.2. The molecule has 1 aliphatic rings. The Morgan fingerprint density at radius 2 is 2.12 bits per heavy atom. The number of carbonyl (C=O) groups is 1. The van der Waals surface area contributed by atoms with Crippen LogP contribution in [-0.2, 0) is 14.3 Å².